The first-order valence-electron chi connectivity index (χ1n) is 3.61. The Hall–Kier alpha value is -1.13. The number of hydrogen-bond donors (Lipinski definition) is 1. The average Bonchev–Trinajstić information content (AvgIpc) is 2.15. The van der Waals surface area contributed by atoms with Gasteiger partial charge in [-0.25, -0.2) is 9.78 Å². The van der Waals surface area contributed by atoms with Crippen LogP contribution in [0, 0.1) is 0 Å². The number of pyridine rings is 1. The molecular formula is C8H9ClN2O2. The van der Waals surface area contributed by atoms with Gasteiger partial charge in [-0.2, -0.15) is 0 Å². The maximum absolute atomic E-state index is 11.0. The van der Waals surface area contributed by atoms with E-state index in [-0.39, 0.29) is 0 Å². The molecule has 0 aliphatic carbocycles. The van der Waals surface area contributed by atoms with E-state index in [1.807, 2.05) is 0 Å². The van der Waals surface area contributed by atoms with Crippen molar-refractivity contribution in [3.8, 4) is 0 Å². The maximum atomic E-state index is 11.0. The lowest BCUT2D eigenvalue weighted by atomic mass is 10.2. The number of nitrogens with zero attached hydrogens (tertiary/aromatic N) is 1. The zero-order valence-electron chi connectivity index (χ0n) is 7.03. The largest absolute Gasteiger partial charge is 0.468 e. The lowest BCUT2D eigenvalue weighted by Gasteiger charge is -2.07. The van der Waals surface area contributed by atoms with Crippen LogP contribution in [0.15, 0.2) is 18.2 Å². The van der Waals surface area contributed by atoms with Crippen LogP contribution in [0.2, 0.25) is 5.15 Å². The Balaban J connectivity index is 2.88. The average molecular weight is 201 g/mol. The number of esters is 1. The number of halogens is 1. The van der Waals surface area contributed by atoms with Crippen molar-refractivity contribution in [3.05, 3.63) is 29.0 Å². The summed E-state index contributed by atoms with van der Waals surface area (Å²) in [5.41, 5.74) is 5.92. The first-order valence-corrected chi connectivity index (χ1v) is 3.99. The van der Waals surface area contributed by atoms with Gasteiger partial charge >= 0.3 is 5.97 Å². The van der Waals surface area contributed by atoms with Crippen molar-refractivity contribution in [2.45, 2.75) is 6.04 Å². The number of methoxy groups -OCH3 is 1. The summed E-state index contributed by atoms with van der Waals surface area (Å²) in [4.78, 5) is 14.9. The molecule has 70 valence electrons. The Morgan fingerprint density at radius 2 is 2.38 bits per heavy atom. The standard InChI is InChI=1S/C8H9ClN2O2/c1-13-8(12)7(10)5-3-2-4-6(9)11-5/h2-4,7H,10H2,1H3. The zero-order valence-corrected chi connectivity index (χ0v) is 7.78. The molecule has 13 heavy (non-hydrogen) atoms. The fraction of sp³-hybridized carbons (Fsp3) is 0.250. The highest BCUT2D eigenvalue weighted by molar-refractivity contribution is 6.29. The molecule has 1 unspecified atom stereocenters. The molecule has 0 fully saturated rings. The van der Waals surface area contributed by atoms with E-state index in [1.54, 1.807) is 18.2 Å². The van der Waals surface area contributed by atoms with Crippen LogP contribution in [0.3, 0.4) is 0 Å². The number of hydrogen-bond acceptors (Lipinski definition) is 4. The van der Waals surface area contributed by atoms with Crippen LogP contribution < -0.4 is 5.73 Å². The van der Waals surface area contributed by atoms with Crippen molar-refractivity contribution in [3.63, 3.8) is 0 Å². The lowest BCUT2D eigenvalue weighted by Crippen LogP contribution is -2.23. The molecule has 1 aromatic heterocycles. The molecule has 4 nitrogen and oxygen atoms in total. The summed E-state index contributed by atoms with van der Waals surface area (Å²) in [5.74, 6) is -0.533. The summed E-state index contributed by atoms with van der Waals surface area (Å²) in [7, 11) is 1.27. The Morgan fingerprint density at radius 1 is 1.69 bits per heavy atom. The van der Waals surface area contributed by atoms with Crippen LogP contribution in [0.4, 0.5) is 0 Å². The lowest BCUT2D eigenvalue weighted by molar-refractivity contribution is -0.142. The molecule has 0 amide bonds. The fourth-order valence-corrected chi connectivity index (χ4v) is 1.02. The van der Waals surface area contributed by atoms with Crippen molar-refractivity contribution in [2.24, 2.45) is 5.73 Å². The SMILES string of the molecule is COC(=O)C(N)c1cccc(Cl)n1. The highest BCUT2D eigenvalue weighted by atomic mass is 35.5. The van der Waals surface area contributed by atoms with Crippen molar-refractivity contribution in [1.29, 1.82) is 0 Å². The van der Waals surface area contributed by atoms with Crippen LogP contribution in [-0.2, 0) is 9.53 Å². The van der Waals surface area contributed by atoms with E-state index in [4.69, 9.17) is 17.3 Å². The van der Waals surface area contributed by atoms with Crippen molar-refractivity contribution >= 4 is 17.6 Å². The smallest absolute Gasteiger partial charge is 0.328 e. The molecule has 1 rings (SSSR count). The number of carbonyl (C=O) groups excluding carboxylic acids is 1. The summed E-state index contributed by atoms with van der Waals surface area (Å²) in [6.07, 6.45) is 0. The van der Waals surface area contributed by atoms with Gasteiger partial charge in [0, 0.05) is 0 Å². The van der Waals surface area contributed by atoms with Gasteiger partial charge in [-0.15, -0.1) is 0 Å². The topological polar surface area (TPSA) is 65.2 Å². The predicted octanol–water partition coefficient (Wildman–Crippen LogP) is 0.908. The van der Waals surface area contributed by atoms with Gasteiger partial charge in [0.15, 0.2) is 0 Å². The van der Waals surface area contributed by atoms with Crippen LogP contribution in [0.1, 0.15) is 11.7 Å². The monoisotopic (exact) mass is 200 g/mol. The van der Waals surface area contributed by atoms with Gasteiger partial charge in [0.05, 0.1) is 12.8 Å². The maximum Gasteiger partial charge on any atom is 0.328 e. The van der Waals surface area contributed by atoms with Gasteiger partial charge in [0.2, 0.25) is 0 Å². The summed E-state index contributed by atoms with van der Waals surface area (Å²) in [5, 5.41) is 0.303. The molecular weight excluding hydrogens is 192 g/mol. The Morgan fingerprint density at radius 3 is 2.92 bits per heavy atom. The Kier molecular flexibility index (Phi) is 3.22. The normalized spacial score (nSPS) is 12.2. The van der Waals surface area contributed by atoms with Crippen molar-refractivity contribution in [1.82, 2.24) is 4.98 Å². The number of ether oxygens (including phenoxy) is 1. The van der Waals surface area contributed by atoms with E-state index in [9.17, 15) is 4.79 Å². The second-order valence-corrected chi connectivity index (χ2v) is 2.77. The van der Waals surface area contributed by atoms with E-state index in [1.165, 1.54) is 7.11 Å². The van der Waals surface area contributed by atoms with Gasteiger partial charge in [0.25, 0.3) is 0 Å². The van der Waals surface area contributed by atoms with Crippen LogP contribution in [-0.4, -0.2) is 18.1 Å². The summed E-state index contributed by atoms with van der Waals surface area (Å²) in [6.45, 7) is 0. The molecule has 1 heterocycles. The second-order valence-electron chi connectivity index (χ2n) is 2.39. The molecule has 0 radical (unpaired) electrons. The number of carbonyl (C=O) groups is 1. The molecule has 1 aromatic rings. The molecule has 0 aliphatic heterocycles. The minimum absolute atomic E-state index is 0.303. The summed E-state index contributed by atoms with van der Waals surface area (Å²) in [6, 6.07) is 4.03. The van der Waals surface area contributed by atoms with Crippen molar-refractivity contribution in [2.75, 3.05) is 7.11 Å². The molecule has 0 bridgehead atoms. The highest BCUT2D eigenvalue weighted by Crippen LogP contribution is 2.11. The molecule has 0 saturated heterocycles. The molecule has 0 aromatic carbocycles. The van der Waals surface area contributed by atoms with E-state index in [0.717, 1.165) is 0 Å². The van der Waals surface area contributed by atoms with Crippen LogP contribution in [0.5, 0.6) is 0 Å². The predicted molar refractivity (Wildman–Crippen MR) is 48.2 cm³/mol. The second kappa shape index (κ2) is 4.20. The van der Waals surface area contributed by atoms with E-state index in [2.05, 4.69) is 9.72 Å². The molecule has 5 heteroatoms. The van der Waals surface area contributed by atoms with Gasteiger partial charge < -0.3 is 10.5 Å². The molecule has 1 atom stereocenters. The Bertz CT molecular complexity index is 317. The highest BCUT2D eigenvalue weighted by Gasteiger charge is 2.17. The Labute approximate surface area is 80.7 Å². The first-order chi connectivity index (χ1) is 6.15. The van der Waals surface area contributed by atoms with Crippen LogP contribution >= 0.6 is 11.6 Å². The van der Waals surface area contributed by atoms with Crippen LogP contribution in [0.25, 0.3) is 0 Å². The van der Waals surface area contributed by atoms with Gasteiger partial charge in [0.1, 0.15) is 11.2 Å². The molecule has 0 aliphatic rings. The van der Waals surface area contributed by atoms with E-state index < -0.39 is 12.0 Å². The van der Waals surface area contributed by atoms with Gasteiger partial charge in [-0.05, 0) is 12.1 Å². The molecule has 2 N–H and O–H groups in total. The zero-order chi connectivity index (χ0) is 9.84. The van der Waals surface area contributed by atoms with E-state index in [0.29, 0.717) is 10.8 Å². The minimum Gasteiger partial charge on any atom is -0.468 e. The third kappa shape index (κ3) is 2.40. The number of rotatable bonds is 2. The fourth-order valence-electron chi connectivity index (χ4n) is 0.845. The number of nitrogens with two attached hydrogens (primary N) is 1. The summed E-state index contributed by atoms with van der Waals surface area (Å²) < 4.78 is 4.46. The summed E-state index contributed by atoms with van der Waals surface area (Å²) >= 11 is 5.62. The quantitative estimate of drug-likeness (QED) is 0.569. The molecule has 0 spiro atoms. The van der Waals surface area contributed by atoms with E-state index >= 15 is 0 Å². The first kappa shape index (κ1) is 9.95. The molecule has 0 saturated carbocycles. The van der Waals surface area contributed by atoms with Gasteiger partial charge in [-0.3, -0.25) is 0 Å². The minimum atomic E-state index is -0.872. The van der Waals surface area contributed by atoms with Crippen molar-refractivity contribution < 1.29 is 9.53 Å². The third-order valence-corrected chi connectivity index (χ3v) is 1.72. The third-order valence-electron chi connectivity index (χ3n) is 1.51. The number of aromatic nitrogens is 1. The van der Waals surface area contributed by atoms with Gasteiger partial charge in [-0.1, -0.05) is 17.7 Å².